The number of amides is 1. The van der Waals surface area contributed by atoms with Gasteiger partial charge in [-0.1, -0.05) is 18.2 Å². The second kappa shape index (κ2) is 9.81. The van der Waals surface area contributed by atoms with Crippen LogP contribution in [0.15, 0.2) is 69.0 Å². The van der Waals surface area contributed by atoms with Gasteiger partial charge in [-0.25, -0.2) is 9.67 Å². The van der Waals surface area contributed by atoms with E-state index in [0.29, 0.717) is 16.5 Å². The highest BCUT2D eigenvalue weighted by molar-refractivity contribution is 7.99. The van der Waals surface area contributed by atoms with Crippen LogP contribution in [0.5, 0.6) is 0 Å². The van der Waals surface area contributed by atoms with Crippen molar-refractivity contribution in [1.82, 2.24) is 14.8 Å². The topological polar surface area (TPSA) is 167 Å². The molecule has 0 aliphatic carbocycles. The molecule has 0 saturated carbocycles. The number of para-hydroxylation sites is 1. The van der Waals surface area contributed by atoms with Gasteiger partial charge in [-0.05, 0) is 24.3 Å². The molecule has 11 heteroatoms. The number of hydrogen-bond acceptors (Lipinski definition) is 8. The number of nitrogens with zero attached hydrogens (tertiary/aromatic N) is 4. The number of aromatic nitrogens is 3. The van der Waals surface area contributed by atoms with E-state index in [1.165, 1.54) is 17.0 Å². The number of furan rings is 1. The Morgan fingerprint density at radius 2 is 1.94 bits per heavy atom. The van der Waals surface area contributed by atoms with Gasteiger partial charge < -0.3 is 15.5 Å². The minimum Gasteiger partial charge on any atom is -0.464 e. The zero-order valence-electron chi connectivity index (χ0n) is 17.6. The lowest BCUT2D eigenvalue weighted by molar-refractivity contribution is -0.115. The summed E-state index contributed by atoms with van der Waals surface area (Å²) in [5, 5.41) is 25.0. The van der Waals surface area contributed by atoms with Crippen molar-refractivity contribution < 1.29 is 9.21 Å². The molecule has 1 aromatic carbocycles. The standard InChI is InChI=1S/C23H17N7O3S/c24-12-15-21(17-7-4-9-33-17)16(13-25)23(28-22(15)26)34-10-8-19(31)27-18-11-20(32)30(29-18)14-5-2-1-3-6-14/h1-7,9,11,29H,8,10H2,(H2,26,28)(H,27,31). The van der Waals surface area contributed by atoms with Crippen LogP contribution < -0.4 is 16.6 Å². The number of hydrogen-bond donors (Lipinski definition) is 3. The van der Waals surface area contributed by atoms with Gasteiger partial charge in [-0.2, -0.15) is 10.5 Å². The summed E-state index contributed by atoms with van der Waals surface area (Å²) in [7, 11) is 0. The first-order valence-electron chi connectivity index (χ1n) is 9.99. The van der Waals surface area contributed by atoms with Crippen molar-refractivity contribution in [3.63, 3.8) is 0 Å². The highest BCUT2D eigenvalue weighted by atomic mass is 32.2. The number of nitrogen functional groups attached to an aromatic ring is 1. The molecule has 0 bridgehead atoms. The summed E-state index contributed by atoms with van der Waals surface area (Å²) in [6.07, 6.45) is 1.51. The fourth-order valence-electron chi connectivity index (χ4n) is 3.25. The Morgan fingerprint density at radius 1 is 1.18 bits per heavy atom. The summed E-state index contributed by atoms with van der Waals surface area (Å²) in [4.78, 5) is 28.8. The van der Waals surface area contributed by atoms with E-state index in [0.717, 1.165) is 11.8 Å². The molecule has 0 unspecified atom stereocenters. The van der Waals surface area contributed by atoms with E-state index in [9.17, 15) is 20.1 Å². The molecule has 0 atom stereocenters. The van der Waals surface area contributed by atoms with E-state index in [1.807, 2.05) is 12.1 Å². The van der Waals surface area contributed by atoms with E-state index in [2.05, 4.69) is 21.5 Å². The molecule has 0 fully saturated rings. The van der Waals surface area contributed by atoms with Crippen molar-refractivity contribution in [2.24, 2.45) is 0 Å². The fraction of sp³-hybridized carbons (Fsp3) is 0.0870. The molecule has 3 heterocycles. The van der Waals surface area contributed by atoms with Crippen molar-refractivity contribution in [3.8, 4) is 29.1 Å². The molecule has 0 aliphatic heterocycles. The number of rotatable bonds is 7. The lowest BCUT2D eigenvalue weighted by Gasteiger charge is -2.11. The Labute approximate surface area is 197 Å². The van der Waals surface area contributed by atoms with Gasteiger partial charge in [0.2, 0.25) is 5.91 Å². The average Bonchev–Trinajstić information content (AvgIpc) is 3.49. The molecular formula is C23H17N7O3S. The SMILES string of the molecule is N#Cc1c(N)nc(SCCC(=O)Nc2cc(=O)n(-c3ccccc3)[nH]2)c(C#N)c1-c1ccco1. The number of benzene rings is 1. The first-order chi connectivity index (χ1) is 16.5. The molecule has 10 nitrogen and oxygen atoms in total. The van der Waals surface area contributed by atoms with Crippen LogP contribution in [0.1, 0.15) is 17.5 Å². The van der Waals surface area contributed by atoms with Crippen molar-refractivity contribution in [1.29, 1.82) is 10.5 Å². The summed E-state index contributed by atoms with van der Waals surface area (Å²) in [5.74, 6) is 0.510. The van der Waals surface area contributed by atoms with Crippen LogP contribution in [-0.4, -0.2) is 26.4 Å². The van der Waals surface area contributed by atoms with Gasteiger partial charge in [0.15, 0.2) is 0 Å². The first-order valence-corrected chi connectivity index (χ1v) is 11.0. The molecule has 4 N–H and O–H groups in total. The number of nitrogens with one attached hydrogen (secondary N) is 2. The Balaban J connectivity index is 1.46. The normalized spacial score (nSPS) is 10.4. The van der Waals surface area contributed by atoms with E-state index in [-0.39, 0.29) is 52.0 Å². The number of carbonyl (C=O) groups is 1. The van der Waals surface area contributed by atoms with Crippen LogP contribution in [0.4, 0.5) is 11.6 Å². The average molecular weight is 472 g/mol. The summed E-state index contributed by atoms with van der Waals surface area (Å²) < 4.78 is 6.70. The van der Waals surface area contributed by atoms with Crippen LogP contribution in [0, 0.1) is 22.7 Å². The van der Waals surface area contributed by atoms with E-state index in [4.69, 9.17) is 10.2 Å². The van der Waals surface area contributed by atoms with Crippen molar-refractivity contribution in [2.75, 3.05) is 16.8 Å². The van der Waals surface area contributed by atoms with Gasteiger partial charge in [0, 0.05) is 18.2 Å². The summed E-state index contributed by atoms with van der Waals surface area (Å²) in [5.41, 5.74) is 6.76. The lowest BCUT2D eigenvalue weighted by atomic mass is 10.0. The number of aromatic amines is 1. The van der Waals surface area contributed by atoms with Gasteiger partial charge in [0.1, 0.15) is 40.1 Å². The third kappa shape index (κ3) is 4.55. The molecule has 0 aliphatic rings. The lowest BCUT2D eigenvalue weighted by Crippen LogP contribution is -2.14. The van der Waals surface area contributed by atoms with E-state index in [1.54, 1.807) is 36.4 Å². The van der Waals surface area contributed by atoms with Crippen LogP contribution in [0.3, 0.4) is 0 Å². The summed E-state index contributed by atoms with van der Waals surface area (Å²) >= 11 is 1.16. The number of nitriles is 2. The molecule has 1 amide bonds. The third-order valence-corrected chi connectivity index (χ3v) is 5.74. The van der Waals surface area contributed by atoms with Gasteiger partial charge in [-0.15, -0.1) is 11.8 Å². The molecule has 168 valence electrons. The predicted molar refractivity (Wildman–Crippen MR) is 126 cm³/mol. The fourth-order valence-corrected chi connectivity index (χ4v) is 4.19. The Hall–Kier alpha value is -4.74. The Morgan fingerprint density at radius 3 is 2.62 bits per heavy atom. The second-order valence-corrected chi connectivity index (χ2v) is 8.04. The quantitative estimate of drug-likeness (QED) is 0.345. The van der Waals surface area contributed by atoms with Crippen LogP contribution in [-0.2, 0) is 4.79 Å². The maximum atomic E-state index is 12.4. The number of anilines is 2. The Bertz CT molecular complexity index is 1480. The Kier molecular flexibility index (Phi) is 6.48. The van der Waals surface area contributed by atoms with Gasteiger partial charge >= 0.3 is 0 Å². The molecule has 0 radical (unpaired) electrons. The van der Waals surface area contributed by atoms with E-state index >= 15 is 0 Å². The number of pyridine rings is 1. The maximum Gasteiger partial charge on any atom is 0.273 e. The molecule has 34 heavy (non-hydrogen) atoms. The molecular weight excluding hydrogens is 454 g/mol. The largest absolute Gasteiger partial charge is 0.464 e. The zero-order chi connectivity index (χ0) is 24.1. The monoisotopic (exact) mass is 471 g/mol. The molecule has 4 aromatic rings. The summed E-state index contributed by atoms with van der Waals surface area (Å²) in [6, 6.07) is 17.6. The number of nitrogens with two attached hydrogens (primary N) is 1. The second-order valence-electron chi connectivity index (χ2n) is 6.95. The molecule has 0 spiro atoms. The van der Waals surface area contributed by atoms with Crippen LogP contribution in [0.25, 0.3) is 17.0 Å². The highest BCUT2D eigenvalue weighted by Gasteiger charge is 2.22. The third-order valence-electron chi connectivity index (χ3n) is 4.76. The van der Waals surface area contributed by atoms with Gasteiger partial charge in [0.25, 0.3) is 5.56 Å². The first kappa shape index (κ1) is 22.5. The smallest absolute Gasteiger partial charge is 0.273 e. The van der Waals surface area contributed by atoms with Crippen molar-refractivity contribution >= 4 is 29.3 Å². The molecule has 0 saturated heterocycles. The maximum absolute atomic E-state index is 12.4. The number of thioether (sulfide) groups is 1. The minimum absolute atomic E-state index is 0.0281. The number of carbonyl (C=O) groups excluding carboxylic acids is 1. The van der Waals surface area contributed by atoms with Crippen LogP contribution >= 0.6 is 11.8 Å². The predicted octanol–water partition coefficient (Wildman–Crippen LogP) is 3.27. The van der Waals surface area contributed by atoms with Gasteiger partial charge in [0.05, 0.1) is 23.1 Å². The zero-order valence-corrected chi connectivity index (χ0v) is 18.4. The molecule has 4 rings (SSSR count). The summed E-state index contributed by atoms with van der Waals surface area (Å²) in [6.45, 7) is 0. The minimum atomic E-state index is -0.333. The number of H-pyrrole nitrogens is 1. The van der Waals surface area contributed by atoms with Crippen LogP contribution in [0.2, 0.25) is 0 Å². The highest BCUT2D eigenvalue weighted by Crippen LogP contribution is 2.35. The van der Waals surface area contributed by atoms with E-state index < -0.39 is 0 Å². The molecule has 3 aromatic heterocycles. The van der Waals surface area contributed by atoms with Crippen molar-refractivity contribution in [2.45, 2.75) is 11.4 Å². The van der Waals surface area contributed by atoms with Crippen molar-refractivity contribution in [3.05, 3.63) is 76.3 Å². The van der Waals surface area contributed by atoms with Gasteiger partial charge in [-0.3, -0.25) is 14.7 Å².